The molecule has 1 amide bonds. The van der Waals surface area contributed by atoms with Gasteiger partial charge in [-0.2, -0.15) is 5.10 Å². The molecule has 1 N–H and O–H groups in total. The predicted molar refractivity (Wildman–Crippen MR) is 125 cm³/mol. The largest absolute Gasteiger partial charge is 0.493 e. The molecule has 0 saturated carbocycles. The van der Waals surface area contributed by atoms with Gasteiger partial charge >= 0.3 is 0 Å². The molecule has 4 rings (SSSR count). The highest BCUT2D eigenvalue weighted by atomic mass is 16.5. The van der Waals surface area contributed by atoms with Crippen molar-refractivity contribution in [3.05, 3.63) is 59.3 Å². The minimum Gasteiger partial charge on any atom is -0.493 e. The summed E-state index contributed by atoms with van der Waals surface area (Å²) in [6, 6.07) is 13.9. The van der Waals surface area contributed by atoms with Crippen molar-refractivity contribution in [3.63, 3.8) is 0 Å². The van der Waals surface area contributed by atoms with E-state index >= 15 is 0 Å². The summed E-state index contributed by atoms with van der Waals surface area (Å²) in [4.78, 5) is 15.4. The molecule has 1 aliphatic rings. The van der Waals surface area contributed by atoms with Crippen LogP contribution in [0.25, 0.3) is 16.9 Å². The Morgan fingerprint density at radius 3 is 2.44 bits per heavy atom. The number of carbonyl (C=O) groups is 1. The number of amides is 1. The second-order valence-corrected chi connectivity index (χ2v) is 7.75. The highest BCUT2D eigenvalue weighted by Crippen LogP contribution is 2.44. The highest BCUT2D eigenvalue weighted by Gasteiger charge is 2.32. The fourth-order valence-electron chi connectivity index (χ4n) is 4.26. The fourth-order valence-corrected chi connectivity index (χ4v) is 4.26. The van der Waals surface area contributed by atoms with Crippen molar-refractivity contribution in [2.24, 2.45) is 0 Å². The van der Waals surface area contributed by atoms with E-state index in [1.807, 2.05) is 47.1 Å². The maximum Gasteiger partial charge on any atom is 0.272 e. The number of ether oxygens (including phenoxy) is 2. The van der Waals surface area contributed by atoms with Crippen LogP contribution in [0.2, 0.25) is 0 Å². The molecule has 2 aromatic carbocycles. The number of likely N-dealkylation sites (N-methyl/N-ethyl adjacent to an activating group) is 1. The van der Waals surface area contributed by atoms with Crippen LogP contribution in [0, 0.1) is 0 Å². The zero-order valence-electron chi connectivity index (χ0n) is 19.1. The Morgan fingerprint density at radius 2 is 1.78 bits per heavy atom. The number of aromatic nitrogens is 2. The zero-order chi connectivity index (χ0) is 22.7. The molecular weight excluding hydrogens is 404 g/mol. The monoisotopic (exact) mass is 434 g/mol. The first-order valence-corrected chi connectivity index (χ1v) is 11.0. The highest BCUT2D eigenvalue weighted by molar-refractivity contribution is 5.97. The summed E-state index contributed by atoms with van der Waals surface area (Å²) < 4.78 is 12.9. The van der Waals surface area contributed by atoms with E-state index in [0.717, 1.165) is 47.7 Å². The van der Waals surface area contributed by atoms with E-state index in [2.05, 4.69) is 24.1 Å². The Bertz CT molecular complexity index is 1100. The first-order valence-electron chi connectivity index (χ1n) is 11.0. The Balaban J connectivity index is 1.73. The second kappa shape index (κ2) is 9.44. The SMILES string of the molecule is CCN(CC)CCNC(=O)c1nn(-c2ccccc2)c2c1Cc1cc(OC)c(OC)cc1-2. The summed E-state index contributed by atoms with van der Waals surface area (Å²) in [6.07, 6.45) is 0.622. The molecule has 7 heteroatoms. The first kappa shape index (κ1) is 21.9. The van der Waals surface area contributed by atoms with Gasteiger partial charge in [-0.05, 0) is 42.9 Å². The predicted octanol–water partition coefficient (Wildman–Crippen LogP) is 3.53. The average Bonchev–Trinajstić information content (AvgIpc) is 3.38. The number of rotatable bonds is 9. The van der Waals surface area contributed by atoms with Crippen molar-refractivity contribution in [1.29, 1.82) is 0 Å². The number of nitrogens with zero attached hydrogens (tertiary/aromatic N) is 3. The van der Waals surface area contributed by atoms with Gasteiger partial charge in [0.25, 0.3) is 5.91 Å². The first-order chi connectivity index (χ1) is 15.6. The molecule has 3 aromatic rings. The Kier molecular flexibility index (Phi) is 6.46. The number of benzene rings is 2. The molecule has 0 fully saturated rings. The van der Waals surface area contributed by atoms with Gasteiger partial charge in [-0.1, -0.05) is 32.0 Å². The summed E-state index contributed by atoms with van der Waals surface area (Å²) in [6.45, 7) is 7.57. The number of hydrogen-bond donors (Lipinski definition) is 1. The quantitative estimate of drug-likeness (QED) is 0.436. The number of hydrogen-bond acceptors (Lipinski definition) is 5. The normalized spacial score (nSPS) is 11.9. The smallest absolute Gasteiger partial charge is 0.272 e. The molecule has 0 unspecified atom stereocenters. The number of carbonyl (C=O) groups excluding carboxylic acids is 1. The van der Waals surface area contributed by atoms with Gasteiger partial charge < -0.3 is 19.7 Å². The molecule has 0 spiro atoms. The van der Waals surface area contributed by atoms with E-state index < -0.39 is 0 Å². The average molecular weight is 435 g/mol. The Labute approximate surface area is 188 Å². The van der Waals surface area contributed by atoms with Crippen molar-refractivity contribution in [1.82, 2.24) is 20.0 Å². The van der Waals surface area contributed by atoms with E-state index in [0.29, 0.717) is 30.2 Å². The van der Waals surface area contributed by atoms with Gasteiger partial charge in [-0.3, -0.25) is 4.79 Å². The van der Waals surface area contributed by atoms with Gasteiger partial charge in [-0.15, -0.1) is 0 Å². The van der Waals surface area contributed by atoms with Gasteiger partial charge in [-0.25, -0.2) is 4.68 Å². The number of para-hydroxylation sites is 1. The van der Waals surface area contributed by atoms with E-state index in [1.54, 1.807) is 14.2 Å². The van der Waals surface area contributed by atoms with Crippen LogP contribution in [0.4, 0.5) is 0 Å². The van der Waals surface area contributed by atoms with Crippen LogP contribution in [-0.2, 0) is 6.42 Å². The number of nitrogens with one attached hydrogen (secondary N) is 1. The van der Waals surface area contributed by atoms with Crippen molar-refractivity contribution in [2.45, 2.75) is 20.3 Å². The van der Waals surface area contributed by atoms with Crippen molar-refractivity contribution in [2.75, 3.05) is 40.4 Å². The minimum atomic E-state index is -0.144. The third-order valence-corrected chi connectivity index (χ3v) is 6.04. The van der Waals surface area contributed by atoms with E-state index in [9.17, 15) is 4.79 Å². The zero-order valence-corrected chi connectivity index (χ0v) is 19.1. The van der Waals surface area contributed by atoms with Crippen LogP contribution in [0.1, 0.15) is 35.5 Å². The lowest BCUT2D eigenvalue weighted by Crippen LogP contribution is -2.35. The fraction of sp³-hybridized carbons (Fsp3) is 0.360. The molecule has 7 nitrogen and oxygen atoms in total. The van der Waals surface area contributed by atoms with Crippen molar-refractivity contribution >= 4 is 5.91 Å². The molecule has 0 bridgehead atoms. The van der Waals surface area contributed by atoms with Crippen LogP contribution in [0.3, 0.4) is 0 Å². The maximum atomic E-state index is 13.1. The molecule has 1 aromatic heterocycles. The molecule has 168 valence electrons. The van der Waals surface area contributed by atoms with Crippen molar-refractivity contribution in [3.8, 4) is 28.4 Å². The van der Waals surface area contributed by atoms with Crippen LogP contribution in [0.5, 0.6) is 11.5 Å². The molecule has 0 atom stereocenters. The Morgan fingerprint density at radius 1 is 1.09 bits per heavy atom. The molecule has 0 aliphatic heterocycles. The number of fused-ring (bicyclic) bond motifs is 3. The lowest BCUT2D eigenvalue weighted by Gasteiger charge is -2.17. The molecule has 32 heavy (non-hydrogen) atoms. The lowest BCUT2D eigenvalue weighted by molar-refractivity contribution is 0.0942. The number of methoxy groups -OCH3 is 2. The van der Waals surface area contributed by atoms with Gasteiger partial charge in [0.1, 0.15) is 0 Å². The van der Waals surface area contributed by atoms with Crippen molar-refractivity contribution < 1.29 is 14.3 Å². The van der Waals surface area contributed by atoms with E-state index in [1.165, 1.54) is 0 Å². The third-order valence-electron chi connectivity index (χ3n) is 6.04. The van der Waals surface area contributed by atoms with Crippen LogP contribution in [0.15, 0.2) is 42.5 Å². The van der Waals surface area contributed by atoms with Crippen LogP contribution >= 0.6 is 0 Å². The molecule has 1 heterocycles. The summed E-state index contributed by atoms with van der Waals surface area (Å²) in [5.41, 5.74) is 5.35. The van der Waals surface area contributed by atoms with Crippen LogP contribution in [-0.4, -0.2) is 61.0 Å². The van der Waals surface area contributed by atoms with E-state index in [4.69, 9.17) is 14.6 Å². The van der Waals surface area contributed by atoms with Gasteiger partial charge in [0.2, 0.25) is 0 Å². The van der Waals surface area contributed by atoms with E-state index in [-0.39, 0.29) is 5.91 Å². The van der Waals surface area contributed by atoms with Gasteiger partial charge in [0, 0.05) is 30.6 Å². The Hall–Kier alpha value is -3.32. The van der Waals surface area contributed by atoms with Gasteiger partial charge in [0.05, 0.1) is 25.6 Å². The molecule has 0 saturated heterocycles. The van der Waals surface area contributed by atoms with Crippen LogP contribution < -0.4 is 14.8 Å². The molecular formula is C25H30N4O3. The molecule has 0 radical (unpaired) electrons. The van der Waals surface area contributed by atoms with Gasteiger partial charge in [0.15, 0.2) is 17.2 Å². The summed E-state index contributed by atoms with van der Waals surface area (Å²) in [7, 11) is 3.26. The maximum absolute atomic E-state index is 13.1. The standard InChI is InChI=1S/C25H30N4O3/c1-5-28(6-2)13-12-26-25(30)23-20-14-17-15-21(31-3)22(32-4)16-19(17)24(20)29(27-23)18-10-8-7-9-11-18/h7-11,15-16H,5-6,12-14H2,1-4H3,(H,26,30). The topological polar surface area (TPSA) is 68.6 Å². The summed E-state index contributed by atoms with van der Waals surface area (Å²) in [5.74, 6) is 1.20. The summed E-state index contributed by atoms with van der Waals surface area (Å²) >= 11 is 0. The second-order valence-electron chi connectivity index (χ2n) is 7.75. The third kappa shape index (κ3) is 3.96. The summed E-state index contributed by atoms with van der Waals surface area (Å²) in [5, 5.41) is 7.81. The molecule has 1 aliphatic carbocycles. The minimum absolute atomic E-state index is 0.144. The lowest BCUT2D eigenvalue weighted by atomic mass is 10.1.